The Morgan fingerprint density at radius 3 is 2.95 bits per heavy atom. The number of carbonyl (C=O) groups excluding carboxylic acids is 1. The van der Waals surface area contributed by atoms with Crippen LogP contribution in [0.15, 0.2) is 0 Å². The summed E-state index contributed by atoms with van der Waals surface area (Å²) in [6.07, 6.45) is 4.34. The highest BCUT2D eigenvalue weighted by Gasteiger charge is 2.32. The van der Waals surface area contributed by atoms with Gasteiger partial charge in [-0.3, -0.25) is 9.69 Å². The topological polar surface area (TPSA) is 58.8 Å². The van der Waals surface area contributed by atoms with Gasteiger partial charge in [0.05, 0.1) is 6.61 Å². The Morgan fingerprint density at radius 2 is 2.20 bits per heavy atom. The molecule has 2 N–H and O–H groups in total. The molecule has 2 aliphatic rings. The minimum atomic E-state index is -0.842. The van der Waals surface area contributed by atoms with Crippen molar-refractivity contribution in [1.29, 1.82) is 0 Å². The molecular weight excluding hydrogens is 254 g/mol. The fourth-order valence-electron chi connectivity index (χ4n) is 3.33. The van der Waals surface area contributed by atoms with Crippen molar-refractivity contribution >= 4 is 5.97 Å². The number of nitrogens with two attached hydrogens (primary N) is 1. The van der Waals surface area contributed by atoms with Gasteiger partial charge in [0.15, 0.2) is 0 Å². The summed E-state index contributed by atoms with van der Waals surface area (Å²) in [6, 6.07) is 0.762. The molecule has 0 aromatic rings. The summed E-state index contributed by atoms with van der Waals surface area (Å²) in [4.78, 5) is 16.9. The van der Waals surface area contributed by atoms with E-state index in [9.17, 15) is 4.79 Å². The maximum atomic E-state index is 11.7. The molecular formula is C15H29N3O2. The van der Waals surface area contributed by atoms with Crippen molar-refractivity contribution in [3.8, 4) is 0 Å². The van der Waals surface area contributed by atoms with E-state index in [0.717, 1.165) is 25.6 Å². The van der Waals surface area contributed by atoms with E-state index in [-0.39, 0.29) is 5.97 Å². The van der Waals surface area contributed by atoms with E-state index in [4.69, 9.17) is 10.5 Å². The van der Waals surface area contributed by atoms with Crippen molar-refractivity contribution in [2.24, 2.45) is 5.73 Å². The van der Waals surface area contributed by atoms with Crippen molar-refractivity contribution in [3.05, 3.63) is 0 Å². The van der Waals surface area contributed by atoms with Crippen molar-refractivity contribution in [1.82, 2.24) is 9.80 Å². The van der Waals surface area contributed by atoms with Crippen LogP contribution >= 0.6 is 0 Å². The lowest BCUT2D eigenvalue weighted by molar-refractivity contribution is -0.149. The second-order valence-corrected chi connectivity index (χ2v) is 6.37. The molecule has 20 heavy (non-hydrogen) atoms. The van der Waals surface area contributed by atoms with Crippen molar-refractivity contribution in [2.75, 3.05) is 39.3 Å². The molecule has 0 amide bonds. The van der Waals surface area contributed by atoms with Gasteiger partial charge in [-0.25, -0.2) is 0 Å². The van der Waals surface area contributed by atoms with Crippen LogP contribution in [0.25, 0.3) is 0 Å². The summed E-state index contributed by atoms with van der Waals surface area (Å²) in [5.41, 5.74) is 5.20. The average Bonchev–Trinajstić information content (AvgIpc) is 2.86. The molecule has 2 aliphatic heterocycles. The van der Waals surface area contributed by atoms with Crippen LogP contribution in [0.5, 0.6) is 0 Å². The first-order chi connectivity index (χ1) is 9.53. The number of piperazine rings is 1. The van der Waals surface area contributed by atoms with Crippen LogP contribution in [0.1, 0.15) is 39.5 Å². The predicted octanol–water partition coefficient (Wildman–Crippen LogP) is 0.827. The van der Waals surface area contributed by atoms with E-state index in [2.05, 4.69) is 9.80 Å². The minimum absolute atomic E-state index is 0.277. The lowest BCUT2D eigenvalue weighted by atomic mass is 9.97. The van der Waals surface area contributed by atoms with Gasteiger partial charge in [-0.2, -0.15) is 0 Å². The lowest BCUT2D eigenvalue weighted by Gasteiger charge is -2.37. The van der Waals surface area contributed by atoms with Gasteiger partial charge in [0.1, 0.15) is 5.54 Å². The Kier molecular flexibility index (Phi) is 5.41. The molecule has 2 rings (SSSR count). The number of nitrogens with zero attached hydrogens (tertiary/aromatic N) is 2. The molecule has 2 unspecified atom stereocenters. The van der Waals surface area contributed by atoms with Gasteiger partial charge in [0.25, 0.3) is 0 Å². The van der Waals surface area contributed by atoms with Crippen LogP contribution in [0, 0.1) is 0 Å². The first kappa shape index (κ1) is 15.7. The first-order valence-corrected chi connectivity index (χ1v) is 7.95. The normalized spacial score (nSPS) is 27.1. The molecule has 0 bridgehead atoms. The quantitative estimate of drug-likeness (QED) is 0.732. The van der Waals surface area contributed by atoms with Crippen LogP contribution < -0.4 is 5.73 Å². The molecule has 0 spiro atoms. The molecule has 5 nitrogen and oxygen atoms in total. The molecule has 2 fully saturated rings. The molecule has 0 aromatic heterocycles. The van der Waals surface area contributed by atoms with Gasteiger partial charge >= 0.3 is 5.97 Å². The van der Waals surface area contributed by atoms with Gasteiger partial charge in [0.2, 0.25) is 0 Å². The lowest BCUT2D eigenvalue weighted by Crippen LogP contribution is -2.51. The predicted molar refractivity (Wildman–Crippen MR) is 79.5 cm³/mol. The van der Waals surface area contributed by atoms with Crippen molar-refractivity contribution in [3.63, 3.8) is 0 Å². The molecule has 0 aromatic carbocycles. The number of hydrogen-bond acceptors (Lipinski definition) is 5. The first-order valence-electron chi connectivity index (χ1n) is 7.95. The number of hydrogen-bond donors (Lipinski definition) is 1. The molecule has 5 heteroatoms. The summed E-state index contributed by atoms with van der Waals surface area (Å²) in [7, 11) is 0. The van der Waals surface area contributed by atoms with E-state index >= 15 is 0 Å². The number of rotatable bonds is 6. The molecule has 0 radical (unpaired) electrons. The zero-order valence-electron chi connectivity index (χ0n) is 12.9. The van der Waals surface area contributed by atoms with Crippen LogP contribution in [0.4, 0.5) is 0 Å². The van der Waals surface area contributed by atoms with Gasteiger partial charge in [-0.15, -0.1) is 0 Å². The maximum Gasteiger partial charge on any atom is 0.325 e. The molecule has 0 aliphatic carbocycles. The largest absolute Gasteiger partial charge is 0.465 e. The van der Waals surface area contributed by atoms with Gasteiger partial charge in [-0.05, 0) is 52.6 Å². The smallest absolute Gasteiger partial charge is 0.325 e. The SMILES string of the molecule is CCOC(=O)C(C)(N)CCCN1CCN2CCCC2C1. The van der Waals surface area contributed by atoms with Crippen LogP contribution in [0.2, 0.25) is 0 Å². The summed E-state index contributed by atoms with van der Waals surface area (Å²) in [5, 5.41) is 0. The zero-order valence-corrected chi connectivity index (χ0v) is 12.9. The Bertz CT molecular complexity index is 333. The Hall–Kier alpha value is -0.650. The molecule has 0 saturated carbocycles. The third-order valence-corrected chi connectivity index (χ3v) is 4.58. The average molecular weight is 283 g/mol. The summed E-state index contributed by atoms with van der Waals surface area (Å²) < 4.78 is 5.02. The van der Waals surface area contributed by atoms with Crippen LogP contribution in [-0.2, 0) is 9.53 Å². The Morgan fingerprint density at radius 1 is 1.40 bits per heavy atom. The van der Waals surface area contributed by atoms with E-state index in [1.54, 1.807) is 6.92 Å². The van der Waals surface area contributed by atoms with Gasteiger partial charge in [0, 0.05) is 25.7 Å². The third-order valence-electron chi connectivity index (χ3n) is 4.58. The van der Waals surface area contributed by atoms with E-state index < -0.39 is 5.54 Å². The van der Waals surface area contributed by atoms with Crippen molar-refractivity contribution < 1.29 is 9.53 Å². The Labute approximate surface area is 122 Å². The molecule has 2 atom stereocenters. The number of carbonyl (C=O) groups is 1. The summed E-state index contributed by atoms with van der Waals surface area (Å²) >= 11 is 0. The molecule has 116 valence electrons. The zero-order chi connectivity index (χ0) is 14.6. The highest BCUT2D eigenvalue weighted by Crippen LogP contribution is 2.22. The standard InChI is InChI=1S/C15H29N3O2/c1-3-20-14(19)15(2,16)7-5-8-17-10-11-18-9-4-6-13(18)12-17/h13H,3-12,16H2,1-2H3. The van der Waals surface area contributed by atoms with Crippen LogP contribution in [-0.4, -0.2) is 66.7 Å². The third kappa shape index (κ3) is 3.93. The van der Waals surface area contributed by atoms with Crippen molar-refractivity contribution in [2.45, 2.75) is 51.1 Å². The van der Waals surface area contributed by atoms with Gasteiger partial charge in [-0.1, -0.05) is 0 Å². The second kappa shape index (κ2) is 6.87. The highest BCUT2D eigenvalue weighted by atomic mass is 16.5. The summed E-state index contributed by atoms with van der Waals surface area (Å²) in [5.74, 6) is -0.277. The second-order valence-electron chi connectivity index (χ2n) is 6.37. The number of esters is 1. The fourth-order valence-corrected chi connectivity index (χ4v) is 3.33. The maximum absolute atomic E-state index is 11.7. The highest BCUT2D eigenvalue weighted by molar-refractivity contribution is 5.79. The fraction of sp³-hybridized carbons (Fsp3) is 0.933. The number of fused-ring (bicyclic) bond motifs is 1. The monoisotopic (exact) mass is 283 g/mol. The van der Waals surface area contributed by atoms with Crippen LogP contribution in [0.3, 0.4) is 0 Å². The van der Waals surface area contributed by atoms with E-state index in [1.165, 1.54) is 32.5 Å². The summed E-state index contributed by atoms with van der Waals surface area (Å²) in [6.45, 7) is 9.84. The Balaban J connectivity index is 1.69. The molecule has 2 heterocycles. The minimum Gasteiger partial charge on any atom is -0.465 e. The molecule has 2 saturated heterocycles. The van der Waals surface area contributed by atoms with Gasteiger partial charge < -0.3 is 15.4 Å². The van der Waals surface area contributed by atoms with E-state index in [0.29, 0.717) is 13.0 Å². The number of ether oxygens (including phenoxy) is 1. The van der Waals surface area contributed by atoms with E-state index in [1.807, 2.05) is 6.92 Å².